The Morgan fingerprint density at radius 2 is 1.83 bits per heavy atom. The van der Waals surface area contributed by atoms with Crippen LogP contribution in [0.4, 0.5) is 0 Å². The Balaban J connectivity index is 1.70. The summed E-state index contributed by atoms with van der Waals surface area (Å²) in [5.41, 5.74) is 1.48. The van der Waals surface area contributed by atoms with Gasteiger partial charge in [-0.1, -0.05) is 38.1 Å². The van der Waals surface area contributed by atoms with Crippen molar-refractivity contribution in [2.45, 2.75) is 52.0 Å². The summed E-state index contributed by atoms with van der Waals surface area (Å²) in [4.78, 5) is 2.74. The summed E-state index contributed by atoms with van der Waals surface area (Å²) in [5, 5.41) is 2.58. The Bertz CT molecular complexity index is 662. The molecular weight excluding hydrogens is 294 g/mol. The summed E-state index contributed by atoms with van der Waals surface area (Å²) in [5.74, 6) is 1.73. The van der Waals surface area contributed by atoms with Gasteiger partial charge in [0, 0.05) is 12.6 Å². The van der Waals surface area contributed by atoms with Crippen LogP contribution in [0, 0.1) is 5.92 Å². The van der Waals surface area contributed by atoms with Crippen molar-refractivity contribution in [3.8, 4) is 5.75 Å². The van der Waals surface area contributed by atoms with Gasteiger partial charge >= 0.3 is 0 Å². The first-order valence-electron chi connectivity index (χ1n) is 9.54. The van der Waals surface area contributed by atoms with E-state index in [2.05, 4.69) is 55.1 Å². The topological polar surface area (TPSA) is 12.5 Å². The van der Waals surface area contributed by atoms with E-state index in [4.69, 9.17) is 4.74 Å². The van der Waals surface area contributed by atoms with Crippen LogP contribution in [0.5, 0.6) is 5.75 Å². The van der Waals surface area contributed by atoms with Crippen molar-refractivity contribution in [1.82, 2.24) is 4.90 Å². The molecule has 2 aromatic rings. The van der Waals surface area contributed by atoms with Gasteiger partial charge in [0.05, 0.1) is 7.11 Å². The molecule has 24 heavy (non-hydrogen) atoms. The Kier molecular flexibility index (Phi) is 5.78. The third kappa shape index (κ3) is 3.92. The standard InChI is InChI=1S/C22H31NO/c1-4-21(5-2)23-12-6-7-18(16-23)13-17-8-9-20-15-22(24-3)11-10-19(20)14-17/h8-11,14-15,18,21H,4-7,12-13,16H2,1-3H3. The number of piperidine rings is 1. The molecular formula is C22H31NO. The van der Waals surface area contributed by atoms with Crippen LogP contribution < -0.4 is 4.74 Å². The first-order chi connectivity index (χ1) is 11.7. The van der Waals surface area contributed by atoms with E-state index in [1.54, 1.807) is 7.11 Å². The fourth-order valence-corrected chi connectivity index (χ4v) is 4.26. The zero-order valence-electron chi connectivity index (χ0n) is 15.4. The number of fused-ring (bicyclic) bond motifs is 1. The highest BCUT2D eigenvalue weighted by Gasteiger charge is 2.24. The molecule has 2 aromatic carbocycles. The Labute approximate surface area is 146 Å². The van der Waals surface area contributed by atoms with Crippen LogP contribution in [0.2, 0.25) is 0 Å². The van der Waals surface area contributed by atoms with E-state index in [-0.39, 0.29) is 0 Å². The summed E-state index contributed by atoms with van der Waals surface area (Å²) in [6.07, 6.45) is 6.49. The van der Waals surface area contributed by atoms with E-state index < -0.39 is 0 Å². The Hall–Kier alpha value is -1.54. The molecule has 1 unspecified atom stereocenters. The van der Waals surface area contributed by atoms with Crippen LogP contribution in [0.15, 0.2) is 36.4 Å². The number of methoxy groups -OCH3 is 1. The molecule has 2 heteroatoms. The predicted octanol–water partition coefficient (Wildman–Crippen LogP) is 5.29. The third-order valence-electron chi connectivity index (χ3n) is 5.65. The lowest BCUT2D eigenvalue weighted by molar-refractivity contribution is 0.117. The molecule has 1 heterocycles. The summed E-state index contributed by atoms with van der Waals surface area (Å²) in [7, 11) is 1.73. The van der Waals surface area contributed by atoms with Gasteiger partial charge in [-0.2, -0.15) is 0 Å². The predicted molar refractivity (Wildman–Crippen MR) is 103 cm³/mol. The highest BCUT2D eigenvalue weighted by atomic mass is 16.5. The van der Waals surface area contributed by atoms with E-state index >= 15 is 0 Å². The van der Waals surface area contributed by atoms with Gasteiger partial charge in [0.2, 0.25) is 0 Å². The van der Waals surface area contributed by atoms with Gasteiger partial charge in [0.1, 0.15) is 5.75 Å². The number of rotatable bonds is 6. The molecule has 0 radical (unpaired) electrons. The first-order valence-corrected chi connectivity index (χ1v) is 9.54. The second kappa shape index (κ2) is 8.02. The minimum Gasteiger partial charge on any atom is -0.497 e. The van der Waals surface area contributed by atoms with E-state index in [0.29, 0.717) is 0 Å². The van der Waals surface area contributed by atoms with Crippen molar-refractivity contribution in [2.24, 2.45) is 5.92 Å². The monoisotopic (exact) mass is 325 g/mol. The van der Waals surface area contributed by atoms with Crippen LogP contribution in [-0.4, -0.2) is 31.1 Å². The summed E-state index contributed by atoms with van der Waals surface area (Å²) < 4.78 is 5.32. The highest BCUT2D eigenvalue weighted by Crippen LogP contribution is 2.27. The van der Waals surface area contributed by atoms with Crippen molar-refractivity contribution in [2.75, 3.05) is 20.2 Å². The molecule has 2 nitrogen and oxygen atoms in total. The van der Waals surface area contributed by atoms with Crippen LogP contribution in [0.25, 0.3) is 10.8 Å². The van der Waals surface area contributed by atoms with Crippen LogP contribution in [0.3, 0.4) is 0 Å². The maximum Gasteiger partial charge on any atom is 0.119 e. The molecule has 0 aromatic heterocycles. The second-order valence-electron chi connectivity index (χ2n) is 7.23. The molecule has 1 aliphatic heterocycles. The number of benzene rings is 2. The molecule has 3 rings (SSSR count). The molecule has 130 valence electrons. The van der Waals surface area contributed by atoms with Crippen LogP contribution in [0.1, 0.15) is 45.1 Å². The molecule has 0 amide bonds. The second-order valence-corrected chi connectivity index (χ2v) is 7.23. The lowest BCUT2D eigenvalue weighted by Gasteiger charge is -2.38. The smallest absolute Gasteiger partial charge is 0.119 e. The number of likely N-dealkylation sites (tertiary alicyclic amines) is 1. The van der Waals surface area contributed by atoms with Gasteiger partial charge in [0.15, 0.2) is 0 Å². The van der Waals surface area contributed by atoms with E-state index in [9.17, 15) is 0 Å². The quantitative estimate of drug-likeness (QED) is 0.715. The zero-order valence-corrected chi connectivity index (χ0v) is 15.4. The Morgan fingerprint density at radius 1 is 1.08 bits per heavy atom. The van der Waals surface area contributed by atoms with Gasteiger partial charge in [-0.05, 0) is 73.0 Å². The molecule has 1 saturated heterocycles. The summed E-state index contributed by atoms with van der Waals surface area (Å²) in [6, 6.07) is 14.0. The normalized spacial score (nSPS) is 19.1. The van der Waals surface area contributed by atoms with Crippen molar-refractivity contribution < 1.29 is 4.74 Å². The minimum absolute atomic E-state index is 0.775. The molecule has 1 aliphatic rings. The van der Waals surface area contributed by atoms with Gasteiger partial charge in [-0.25, -0.2) is 0 Å². The molecule has 0 saturated carbocycles. The minimum atomic E-state index is 0.775. The van der Waals surface area contributed by atoms with Crippen molar-refractivity contribution >= 4 is 10.8 Å². The summed E-state index contributed by atoms with van der Waals surface area (Å²) in [6.45, 7) is 7.22. The fourth-order valence-electron chi connectivity index (χ4n) is 4.26. The highest BCUT2D eigenvalue weighted by molar-refractivity contribution is 5.84. The maximum atomic E-state index is 5.32. The van der Waals surface area contributed by atoms with E-state index in [1.165, 1.54) is 61.5 Å². The van der Waals surface area contributed by atoms with Gasteiger partial charge < -0.3 is 9.64 Å². The van der Waals surface area contributed by atoms with Crippen molar-refractivity contribution in [3.05, 3.63) is 42.0 Å². The molecule has 0 N–H and O–H groups in total. The third-order valence-corrected chi connectivity index (χ3v) is 5.65. The molecule has 0 bridgehead atoms. The van der Waals surface area contributed by atoms with E-state index in [0.717, 1.165) is 17.7 Å². The number of hydrogen-bond donors (Lipinski definition) is 0. The van der Waals surface area contributed by atoms with Crippen LogP contribution >= 0.6 is 0 Å². The molecule has 1 atom stereocenters. The lowest BCUT2D eigenvalue weighted by atomic mass is 9.89. The molecule has 0 spiro atoms. The first kappa shape index (κ1) is 17.3. The number of nitrogens with zero attached hydrogens (tertiary/aromatic N) is 1. The van der Waals surface area contributed by atoms with Gasteiger partial charge in [0.25, 0.3) is 0 Å². The fraction of sp³-hybridized carbons (Fsp3) is 0.545. The van der Waals surface area contributed by atoms with Crippen molar-refractivity contribution in [3.63, 3.8) is 0 Å². The van der Waals surface area contributed by atoms with Crippen molar-refractivity contribution in [1.29, 1.82) is 0 Å². The van der Waals surface area contributed by atoms with Gasteiger partial charge in [-0.3, -0.25) is 0 Å². The number of hydrogen-bond acceptors (Lipinski definition) is 2. The maximum absolute atomic E-state index is 5.32. The Morgan fingerprint density at radius 3 is 2.58 bits per heavy atom. The average Bonchev–Trinajstić information content (AvgIpc) is 2.62. The van der Waals surface area contributed by atoms with Crippen LogP contribution in [-0.2, 0) is 6.42 Å². The average molecular weight is 325 g/mol. The summed E-state index contributed by atoms with van der Waals surface area (Å²) >= 11 is 0. The molecule has 0 aliphatic carbocycles. The molecule has 1 fully saturated rings. The largest absolute Gasteiger partial charge is 0.497 e. The van der Waals surface area contributed by atoms with E-state index in [1.807, 2.05) is 0 Å². The zero-order chi connectivity index (χ0) is 16.9. The lowest BCUT2D eigenvalue weighted by Crippen LogP contribution is -2.42. The number of ether oxygens (including phenoxy) is 1. The SMILES string of the molecule is CCC(CC)N1CCCC(Cc2ccc3cc(OC)ccc3c2)C1. The van der Waals surface area contributed by atoms with Gasteiger partial charge in [-0.15, -0.1) is 0 Å².